The van der Waals surface area contributed by atoms with Crippen LogP contribution >= 0.6 is 11.5 Å². The zero-order chi connectivity index (χ0) is 15.5. The Morgan fingerprint density at radius 1 is 1.24 bits per heavy atom. The molecule has 0 aliphatic rings. The Bertz CT molecular complexity index is 695. The van der Waals surface area contributed by atoms with E-state index in [-0.39, 0.29) is 4.90 Å². The van der Waals surface area contributed by atoms with Gasteiger partial charge in [0.05, 0.1) is 15.5 Å². The van der Waals surface area contributed by atoms with Gasteiger partial charge in [-0.2, -0.15) is 0 Å². The van der Waals surface area contributed by atoms with Gasteiger partial charge in [0.1, 0.15) is 0 Å². The van der Waals surface area contributed by atoms with Crippen LogP contribution in [0, 0.1) is 6.92 Å². The molecule has 1 heterocycles. The Kier molecular flexibility index (Phi) is 5.04. The van der Waals surface area contributed by atoms with E-state index in [1.807, 2.05) is 26.1 Å². The molecule has 2 rings (SSSR count). The van der Waals surface area contributed by atoms with E-state index in [4.69, 9.17) is 0 Å². The van der Waals surface area contributed by atoms with Crippen molar-refractivity contribution < 1.29 is 8.42 Å². The molecule has 2 aromatic rings. The van der Waals surface area contributed by atoms with Crippen LogP contribution in [0.2, 0.25) is 0 Å². The Morgan fingerprint density at radius 2 is 1.90 bits per heavy atom. The highest BCUT2D eigenvalue weighted by molar-refractivity contribution is 7.89. The van der Waals surface area contributed by atoms with Crippen molar-refractivity contribution in [3.8, 4) is 0 Å². The van der Waals surface area contributed by atoms with E-state index in [0.29, 0.717) is 0 Å². The largest absolute Gasteiger partial charge is 0.297 e. The van der Waals surface area contributed by atoms with Gasteiger partial charge >= 0.3 is 0 Å². The van der Waals surface area contributed by atoms with Crippen molar-refractivity contribution in [3.05, 3.63) is 40.4 Å². The zero-order valence-electron chi connectivity index (χ0n) is 12.2. The lowest BCUT2D eigenvalue weighted by atomic mass is 10.2. The second kappa shape index (κ2) is 6.61. The van der Waals surface area contributed by atoms with Gasteiger partial charge in [-0.25, -0.2) is 13.1 Å². The van der Waals surface area contributed by atoms with Gasteiger partial charge in [0.25, 0.3) is 0 Å². The van der Waals surface area contributed by atoms with Gasteiger partial charge in [0, 0.05) is 13.1 Å². The number of hydrogen-bond acceptors (Lipinski definition) is 6. The van der Waals surface area contributed by atoms with Crippen LogP contribution in [0.25, 0.3) is 0 Å². The van der Waals surface area contributed by atoms with E-state index in [1.165, 1.54) is 18.6 Å². The van der Waals surface area contributed by atoms with Gasteiger partial charge in [-0.3, -0.25) is 4.90 Å². The molecule has 0 bridgehead atoms. The van der Waals surface area contributed by atoms with Gasteiger partial charge in [-0.15, -0.1) is 5.10 Å². The maximum absolute atomic E-state index is 11.6. The van der Waals surface area contributed by atoms with Crippen molar-refractivity contribution in [2.24, 2.45) is 0 Å². The van der Waals surface area contributed by atoms with E-state index in [2.05, 4.69) is 19.2 Å². The molecule has 0 saturated carbocycles. The number of nitrogens with zero attached hydrogens (tertiary/aromatic N) is 3. The molecule has 0 unspecified atom stereocenters. The second-order valence-corrected chi connectivity index (χ2v) is 7.53. The van der Waals surface area contributed by atoms with Crippen LogP contribution in [0.3, 0.4) is 0 Å². The fourth-order valence-corrected chi connectivity index (χ4v) is 3.34. The molecule has 1 N–H and O–H groups in total. The number of nitrogens with one attached hydrogen (secondary N) is 1. The summed E-state index contributed by atoms with van der Waals surface area (Å²) in [6.45, 7) is 3.46. The van der Waals surface area contributed by atoms with Crippen LogP contribution in [0.15, 0.2) is 29.2 Å². The van der Waals surface area contributed by atoms with E-state index >= 15 is 0 Å². The first kappa shape index (κ1) is 16.0. The molecule has 0 amide bonds. The van der Waals surface area contributed by atoms with Gasteiger partial charge < -0.3 is 0 Å². The standard InChI is InChI=1S/C13H18N4O2S2/c1-10-13(20-16-15-10)9-17(3)8-11-4-6-12(7-5-11)21(18,19)14-2/h4-7,14H,8-9H2,1-3H3. The number of sulfonamides is 1. The fourth-order valence-electron chi connectivity index (χ4n) is 1.90. The van der Waals surface area contributed by atoms with Crippen LogP contribution in [0.1, 0.15) is 16.1 Å². The molecular weight excluding hydrogens is 308 g/mol. The molecule has 0 fully saturated rings. The average molecular weight is 326 g/mol. The summed E-state index contributed by atoms with van der Waals surface area (Å²) < 4.78 is 29.5. The summed E-state index contributed by atoms with van der Waals surface area (Å²) in [7, 11) is 0.0480. The minimum atomic E-state index is -3.37. The van der Waals surface area contributed by atoms with E-state index < -0.39 is 10.0 Å². The lowest BCUT2D eigenvalue weighted by Gasteiger charge is -2.16. The summed E-state index contributed by atoms with van der Waals surface area (Å²) in [4.78, 5) is 3.56. The third-order valence-corrected chi connectivity index (χ3v) is 5.35. The van der Waals surface area contributed by atoms with Gasteiger partial charge in [-0.05, 0) is 50.2 Å². The normalized spacial score (nSPS) is 12.0. The minimum Gasteiger partial charge on any atom is -0.297 e. The number of rotatable bonds is 6. The molecule has 0 atom stereocenters. The molecule has 114 valence electrons. The van der Waals surface area contributed by atoms with Gasteiger partial charge in [0.2, 0.25) is 10.0 Å². The Labute approximate surface area is 129 Å². The predicted molar refractivity (Wildman–Crippen MR) is 82.5 cm³/mol. The van der Waals surface area contributed by atoms with Gasteiger partial charge in [-0.1, -0.05) is 16.6 Å². The number of aromatic nitrogens is 2. The molecule has 0 aliphatic carbocycles. The van der Waals surface area contributed by atoms with E-state index in [0.717, 1.165) is 29.2 Å². The third kappa shape index (κ3) is 4.07. The summed E-state index contributed by atoms with van der Waals surface area (Å²) in [5.74, 6) is 0. The lowest BCUT2D eigenvalue weighted by Crippen LogP contribution is -2.19. The molecule has 0 saturated heterocycles. The average Bonchev–Trinajstić information content (AvgIpc) is 2.85. The summed E-state index contributed by atoms with van der Waals surface area (Å²) in [5.41, 5.74) is 2.02. The Morgan fingerprint density at radius 3 is 2.43 bits per heavy atom. The lowest BCUT2D eigenvalue weighted by molar-refractivity contribution is 0.321. The Hall–Kier alpha value is -1.35. The van der Waals surface area contributed by atoms with Crippen molar-refractivity contribution >= 4 is 21.6 Å². The third-order valence-electron chi connectivity index (χ3n) is 3.11. The summed E-state index contributed by atoms with van der Waals surface area (Å²) in [6.07, 6.45) is 0. The predicted octanol–water partition coefficient (Wildman–Crippen LogP) is 1.39. The second-order valence-electron chi connectivity index (χ2n) is 4.81. The Balaban J connectivity index is 2.02. The first-order valence-electron chi connectivity index (χ1n) is 6.41. The van der Waals surface area contributed by atoms with Crippen molar-refractivity contribution in [3.63, 3.8) is 0 Å². The van der Waals surface area contributed by atoms with Gasteiger partial charge in [0.15, 0.2) is 0 Å². The van der Waals surface area contributed by atoms with E-state index in [1.54, 1.807) is 12.1 Å². The molecule has 1 aromatic carbocycles. The summed E-state index contributed by atoms with van der Waals surface area (Å²) in [5, 5.41) is 3.99. The first-order chi connectivity index (χ1) is 9.92. The van der Waals surface area contributed by atoms with Crippen molar-refractivity contribution in [1.29, 1.82) is 0 Å². The molecule has 0 spiro atoms. The molecule has 21 heavy (non-hydrogen) atoms. The van der Waals surface area contributed by atoms with Crippen LogP contribution in [-0.4, -0.2) is 37.0 Å². The molecular formula is C13H18N4O2S2. The first-order valence-corrected chi connectivity index (χ1v) is 8.67. The quantitative estimate of drug-likeness (QED) is 0.868. The maximum atomic E-state index is 11.6. The summed E-state index contributed by atoms with van der Waals surface area (Å²) >= 11 is 1.41. The van der Waals surface area contributed by atoms with Crippen molar-refractivity contribution in [2.75, 3.05) is 14.1 Å². The van der Waals surface area contributed by atoms with Crippen LogP contribution in [0.5, 0.6) is 0 Å². The minimum absolute atomic E-state index is 0.277. The smallest absolute Gasteiger partial charge is 0.240 e. The molecule has 0 radical (unpaired) electrons. The highest BCUT2D eigenvalue weighted by Crippen LogP contribution is 2.15. The fraction of sp³-hybridized carbons (Fsp3) is 0.385. The highest BCUT2D eigenvalue weighted by Gasteiger charge is 2.11. The zero-order valence-corrected chi connectivity index (χ0v) is 13.8. The van der Waals surface area contributed by atoms with Crippen LogP contribution in [0.4, 0.5) is 0 Å². The SMILES string of the molecule is CNS(=O)(=O)c1ccc(CN(C)Cc2snnc2C)cc1. The summed E-state index contributed by atoms with van der Waals surface area (Å²) in [6, 6.07) is 6.90. The monoisotopic (exact) mass is 326 g/mol. The maximum Gasteiger partial charge on any atom is 0.240 e. The molecule has 8 heteroatoms. The van der Waals surface area contributed by atoms with E-state index in [9.17, 15) is 8.42 Å². The highest BCUT2D eigenvalue weighted by atomic mass is 32.2. The van der Waals surface area contributed by atoms with Crippen molar-refractivity contribution in [2.45, 2.75) is 24.9 Å². The topological polar surface area (TPSA) is 75.2 Å². The van der Waals surface area contributed by atoms with Crippen molar-refractivity contribution in [1.82, 2.24) is 19.2 Å². The van der Waals surface area contributed by atoms with Crippen LogP contribution < -0.4 is 4.72 Å². The number of aryl methyl sites for hydroxylation is 1. The van der Waals surface area contributed by atoms with Crippen LogP contribution in [-0.2, 0) is 23.1 Å². The number of hydrogen-bond donors (Lipinski definition) is 1. The molecule has 1 aromatic heterocycles. The molecule has 6 nitrogen and oxygen atoms in total. The number of benzene rings is 1. The molecule has 0 aliphatic heterocycles.